The molecular formula is C73H84N2. The minimum Gasteiger partial charge on any atom is -0.309 e. The van der Waals surface area contributed by atoms with Gasteiger partial charge in [-0.1, -0.05) is 142 Å². The van der Waals surface area contributed by atoms with Gasteiger partial charge < -0.3 is 9.80 Å². The van der Waals surface area contributed by atoms with Crippen LogP contribution in [-0.2, 0) is 21.7 Å². The van der Waals surface area contributed by atoms with Crippen molar-refractivity contribution in [1.82, 2.24) is 0 Å². The first-order valence-corrected chi connectivity index (χ1v) is 29.9. The van der Waals surface area contributed by atoms with E-state index in [9.17, 15) is 0 Å². The van der Waals surface area contributed by atoms with Gasteiger partial charge in [-0.2, -0.15) is 0 Å². The van der Waals surface area contributed by atoms with Crippen molar-refractivity contribution in [2.75, 3.05) is 9.80 Å². The summed E-state index contributed by atoms with van der Waals surface area (Å²) in [5, 5.41) is 5.44. The molecule has 0 heterocycles. The van der Waals surface area contributed by atoms with Crippen molar-refractivity contribution in [3.05, 3.63) is 167 Å². The van der Waals surface area contributed by atoms with Crippen LogP contribution < -0.4 is 9.80 Å². The quantitative estimate of drug-likeness (QED) is 0.0995. The van der Waals surface area contributed by atoms with Crippen LogP contribution in [0.25, 0.3) is 21.5 Å². The molecule has 7 aromatic rings. The zero-order valence-electron chi connectivity index (χ0n) is 47.2. The Kier molecular flexibility index (Phi) is 10.8. The molecular weight excluding hydrogens is 905 g/mol. The summed E-state index contributed by atoms with van der Waals surface area (Å²) < 4.78 is 0. The molecule has 75 heavy (non-hydrogen) atoms. The molecule has 7 aromatic carbocycles. The van der Waals surface area contributed by atoms with E-state index in [0.717, 1.165) is 35.5 Å². The predicted octanol–water partition coefficient (Wildman–Crippen LogP) is 20.7. The molecule has 15 rings (SSSR count). The fourth-order valence-electron chi connectivity index (χ4n) is 18.5. The third kappa shape index (κ3) is 7.58. The second kappa shape index (κ2) is 16.8. The number of hydrogen-bond acceptors (Lipinski definition) is 2. The minimum atomic E-state index is 0.0473. The van der Waals surface area contributed by atoms with Gasteiger partial charge in [-0.15, -0.1) is 0 Å². The Bertz CT molecular complexity index is 3300. The molecule has 7 bridgehead atoms. The maximum Gasteiger partial charge on any atom is 0.0620 e. The smallest absolute Gasteiger partial charge is 0.0620 e. The molecule has 0 aliphatic heterocycles. The Hall–Kier alpha value is -5.34. The van der Waals surface area contributed by atoms with Gasteiger partial charge in [0.1, 0.15) is 0 Å². The zero-order valence-corrected chi connectivity index (χ0v) is 47.2. The number of rotatable bonds is 10. The van der Waals surface area contributed by atoms with E-state index in [1.807, 2.05) is 0 Å². The van der Waals surface area contributed by atoms with E-state index in [1.54, 1.807) is 11.1 Å². The minimum absolute atomic E-state index is 0.0473. The molecule has 8 saturated carbocycles. The molecule has 5 atom stereocenters. The van der Waals surface area contributed by atoms with Crippen LogP contribution in [0, 0.1) is 40.9 Å². The first-order chi connectivity index (χ1) is 35.9. The third-order valence-corrected chi connectivity index (χ3v) is 21.9. The maximum absolute atomic E-state index is 2.78. The van der Waals surface area contributed by atoms with Crippen molar-refractivity contribution < 1.29 is 0 Å². The van der Waals surface area contributed by atoms with Crippen LogP contribution in [0.15, 0.2) is 133 Å². The average Bonchev–Trinajstić information content (AvgIpc) is 3.99. The van der Waals surface area contributed by atoms with Crippen molar-refractivity contribution >= 4 is 55.7 Å². The standard InChI is InChI=1S/C73H84N2/c1-45(2)51-11-21-59(22-12-51)74(61-25-15-53(16-26-61)69(5,6)7)67-64-30-20-56(72-41-50-34-57-35-58(43-72)73(57,42-50)44-72)37-66(64)68(63-29-19-55(36-65(63)67)71-38-47-31-48(39-71)33-49(32-47)40-71)75(60-23-13-52(14-24-60)46(3)4)62-27-17-54(18-28-62)70(8,9)10/h11-30,36-37,45-50,57-58H,31-35,38-44H2,1-10H3. The van der Waals surface area contributed by atoms with E-state index >= 15 is 0 Å². The zero-order chi connectivity index (χ0) is 51.6. The van der Waals surface area contributed by atoms with Gasteiger partial charge in [0.05, 0.1) is 11.4 Å². The van der Waals surface area contributed by atoms with E-state index < -0.39 is 0 Å². The Morgan fingerprint density at radius 2 is 0.787 bits per heavy atom. The van der Waals surface area contributed by atoms with Gasteiger partial charge >= 0.3 is 0 Å². The molecule has 0 saturated heterocycles. The van der Waals surface area contributed by atoms with Crippen LogP contribution in [0.3, 0.4) is 0 Å². The van der Waals surface area contributed by atoms with E-state index in [-0.39, 0.29) is 21.7 Å². The Labute approximate surface area is 450 Å². The molecule has 8 aliphatic rings. The van der Waals surface area contributed by atoms with Crippen molar-refractivity contribution in [3.8, 4) is 0 Å². The second-order valence-electron chi connectivity index (χ2n) is 29.2. The van der Waals surface area contributed by atoms with Gasteiger partial charge in [-0.05, 0) is 246 Å². The van der Waals surface area contributed by atoms with E-state index in [4.69, 9.17) is 0 Å². The van der Waals surface area contributed by atoms with E-state index in [0.29, 0.717) is 17.3 Å². The van der Waals surface area contributed by atoms with Gasteiger partial charge in [0.15, 0.2) is 0 Å². The summed E-state index contributed by atoms with van der Waals surface area (Å²) in [6.07, 6.45) is 17.0. The van der Waals surface area contributed by atoms with Crippen LogP contribution in [-0.4, -0.2) is 0 Å². The summed E-state index contributed by atoms with van der Waals surface area (Å²) in [5.74, 6) is 6.24. The molecule has 0 radical (unpaired) electrons. The van der Waals surface area contributed by atoms with Crippen molar-refractivity contribution in [3.63, 3.8) is 0 Å². The first kappa shape index (κ1) is 48.1. The van der Waals surface area contributed by atoms with Crippen LogP contribution in [0.4, 0.5) is 34.1 Å². The van der Waals surface area contributed by atoms with E-state index in [1.165, 1.54) is 155 Å². The van der Waals surface area contributed by atoms with Gasteiger partial charge in [0, 0.05) is 44.3 Å². The van der Waals surface area contributed by atoms with Gasteiger partial charge in [0.2, 0.25) is 0 Å². The highest BCUT2D eigenvalue weighted by Crippen LogP contribution is 2.79. The Morgan fingerprint density at radius 3 is 1.20 bits per heavy atom. The first-order valence-electron chi connectivity index (χ1n) is 29.9. The topological polar surface area (TPSA) is 6.48 Å². The summed E-state index contributed by atoms with van der Waals surface area (Å²) >= 11 is 0. The summed E-state index contributed by atoms with van der Waals surface area (Å²) in [5.41, 5.74) is 17.4. The van der Waals surface area contributed by atoms with Crippen LogP contribution in [0.5, 0.6) is 0 Å². The van der Waals surface area contributed by atoms with Gasteiger partial charge in [-0.25, -0.2) is 0 Å². The lowest BCUT2D eigenvalue weighted by Crippen LogP contribution is -2.48. The Morgan fingerprint density at radius 1 is 0.387 bits per heavy atom. The number of anilines is 6. The van der Waals surface area contributed by atoms with Crippen molar-refractivity contribution in [1.29, 1.82) is 0 Å². The highest BCUT2D eigenvalue weighted by molar-refractivity contribution is 6.23. The van der Waals surface area contributed by atoms with Crippen LogP contribution in [0.1, 0.15) is 192 Å². The molecule has 8 fully saturated rings. The predicted molar refractivity (Wildman–Crippen MR) is 319 cm³/mol. The number of benzene rings is 7. The summed E-state index contributed by atoms with van der Waals surface area (Å²) in [6, 6.07) is 54.8. The normalized spacial score (nSPS) is 29.2. The summed E-state index contributed by atoms with van der Waals surface area (Å²) in [4.78, 5) is 5.38. The largest absolute Gasteiger partial charge is 0.309 e. The monoisotopic (exact) mass is 989 g/mol. The van der Waals surface area contributed by atoms with Crippen molar-refractivity contribution in [2.45, 2.75) is 180 Å². The lowest BCUT2D eigenvalue weighted by molar-refractivity contribution is -0.00512. The highest BCUT2D eigenvalue weighted by atomic mass is 15.2. The lowest BCUT2D eigenvalue weighted by atomic mass is 9.48. The molecule has 5 unspecified atom stereocenters. The fourth-order valence-corrected chi connectivity index (χ4v) is 18.5. The number of fused-ring (bicyclic) bond motifs is 4. The summed E-state index contributed by atoms with van der Waals surface area (Å²) in [6.45, 7) is 23.4. The molecule has 0 amide bonds. The molecule has 386 valence electrons. The van der Waals surface area contributed by atoms with Crippen LogP contribution >= 0.6 is 0 Å². The van der Waals surface area contributed by atoms with Gasteiger partial charge in [-0.3, -0.25) is 0 Å². The molecule has 8 aliphatic carbocycles. The van der Waals surface area contributed by atoms with Crippen molar-refractivity contribution in [2.24, 2.45) is 40.9 Å². The molecule has 0 aromatic heterocycles. The van der Waals surface area contributed by atoms with E-state index in [2.05, 4.69) is 212 Å². The molecule has 2 heteroatoms. The number of hydrogen-bond donors (Lipinski definition) is 0. The maximum atomic E-state index is 2.78. The van der Waals surface area contributed by atoms with Crippen LogP contribution in [0.2, 0.25) is 0 Å². The second-order valence-corrected chi connectivity index (χ2v) is 29.2. The molecule has 0 N–H and O–H groups in total. The fraction of sp³-hybridized carbons (Fsp3) is 0.479. The number of nitrogens with zero attached hydrogens (tertiary/aromatic N) is 2. The molecule has 1 spiro atoms. The third-order valence-electron chi connectivity index (χ3n) is 21.9. The SMILES string of the molecule is CC(C)c1ccc(N(c2ccc(C(C)(C)C)cc2)c2c3ccc(C45CC6CC7CC(C4)C7(C6)C5)cc3c(N(c3ccc(C(C)C)cc3)c3ccc(C(C)(C)C)cc3)c3ccc(C45CC6CC(CC(C6)C4)C5)cc23)cc1. The summed E-state index contributed by atoms with van der Waals surface area (Å²) in [7, 11) is 0. The highest BCUT2D eigenvalue weighted by Gasteiger charge is 2.71. The van der Waals surface area contributed by atoms with Gasteiger partial charge in [0.25, 0.3) is 0 Å². The molecule has 2 nitrogen and oxygen atoms in total. The average molecular weight is 989 g/mol. The lowest BCUT2D eigenvalue weighted by Gasteiger charge is -2.57. The Balaban J connectivity index is 1.10.